The quantitative estimate of drug-likeness (QED) is 0.767. The number of nitriles is 1. The highest BCUT2D eigenvalue weighted by Crippen LogP contribution is 2.29. The molecule has 7 heteroatoms. The number of pyridine rings is 1. The molecule has 1 heterocycles. The van der Waals surface area contributed by atoms with Crippen LogP contribution in [-0.4, -0.2) is 16.1 Å². The predicted octanol–water partition coefficient (Wildman–Crippen LogP) is 1.17. The molecule has 0 amide bonds. The van der Waals surface area contributed by atoms with Gasteiger partial charge in [0.25, 0.3) is 6.43 Å². The van der Waals surface area contributed by atoms with E-state index < -0.39 is 34.9 Å². The summed E-state index contributed by atoms with van der Waals surface area (Å²) >= 11 is 0. The maximum Gasteiger partial charge on any atom is 0.339 e. The van der Waals surface area contributed by atoms with Gasteiger partial charge >= 0.3 is 5.97 Å². The maximum absolute atomic E-state index is 12.5. The largest absolute Gasteiger partial charge is 0.478 e. The van der Waals surface area contributed by atoms with Gasteiger partial charge in [0.05, 0.1) is 11.3 Å². The van der Waals surface area contributed by atoms with Crippen molar-refractivity contribution < 1.29 is 18.7 Å². The number of hydrogen-bond acceptors (Lipinski definition) is 4. The smallest absolute Gasteiger partial charge is 0.339 e. The second kappa shape index (κ2) is 3.88. The number of nitrogen functional groups attached to an aromatic ring is 1. The predicted molar refractivity (Wildman–Crippen MR) is 45.3 cm³/mol. The Labute approximate surface area is 82.8 Å². The Hall–Kier alpha value is -2.23. The summed E-state index contributed by atoms with van der Waals surface area (Å²) in [6, 6.07) is 1.42. The molecule has 3 N–H and O–H groups in total. The van der Waals surface area contributed by atoms with Crippen LogP contribution in [0.4, 0.5) is 14.5 Å². The molecular weight excluding hydrogens is 208 g/mol. The highest BCUT2D eigenvalue weighted by molar-refractivity contribution is 5.94. The number of aromatic nitrogens is 1. The van der Waals surface area contributed by atoms with Crippen molar-refractivity contribution in [3.8, 4) is 6.07 Å². The van der Waals surface area contributed by atoms with Crippen molar-refractivity contribution in [1.82, 2.24) is 4.98 Å². The van der Waals surface area contributed by atoms with Crippen molar-refractivity contribution in [1.29, 1.82) is 5.26 Å². The minimum absolute atomic E-state index is 0.538. The van der Waals surface area contributed by atoms with E-state index in [1.165, 1.54) is 6.07 Å². The summed E-state index contributed by atoms with van der Waals surface area (Å²) < 4.78 is 24.9. The zero-order valence-corrected chi connectivity index (χ0v) is 7.24. The summed E-state index contributed by atoms with van der Waals surface area (Å²) in [6.07, 6.45) is -2.26. The van der Waals surface area contributed by atoms with Crippen LogP contribution in [0.1, 0.15) is 28.0 Å². The molecule has 0 atom stereocenters. The standard InChI is InChI=1S/C8H5F2N3O2/c9-7(10)5-4(1-11)13-2-3(6(5)12)8(14)15/h2,7H,(H2,12,13)(H,14,15). The summed E-state index contributed by atoms with van der Waals surface area (Å²) in [5, 5.41) is 17.1. The molecule has 0 aliphatic rings. The molecule has 0 spiro atoms. The molecular formula is C8H5F2N3O2. The third-order valence-electron chi connectivity index (χ3n) is 1.71. The lowest BCUT2D eigenvalue weighted by atomic mass is 10.1. The van der Waals surface area contributed by atoms with Crippen molar-refractivity contribution >= 4 is 11.7 Å². The fourth-order valence-electron chi connectivity index (χ4n) is 1.02. The number of alkyl halides is 2. The summed E-state index contributed by atoms with van der Waals surface area (Å²) in [7, 11) is 0. The van der Waals surface area contributed by atoms with Crippen LogP contribution in [0.2, 0.25) is 0 Å². The van der Waals surface area contributed by atoms with Crippen molar-refractivity contribution in [2.45, 2.75) is 6.43 Å². The second-order valence-corrected chi connectivity index (χ2v) is 2.57. The zero-order valence-electron chi connectivity index (χ0n) is 7.24. The van der Waals surface area contributed by atoms with Crippen LogP contribution in [0, 0.1) is 11.3 Å². The van der Waals surface area contributed by atoms with E-state index in [2.05, 4.69) is 4.98 Å². The number of nitrogens with zero attached hydrogens (tertiary/aromatic N) is 2. The highest BCUT2D eigenvalue weighted by Gasteiger charge is 2.22. The van der Waals surface area contributed by atoms with Gasteiger partial charge in [-0.1, -0.05) is 0 Å². The first-order chi connectivity index (χ1) is 6.99. The first kappa shape index (κ1) is 10.8. The first-order valence-electron chi connectivity index (χ1n) is 3.69. The Balaban J connectivity index is 3.51. The lowest BCUT2D eigenvalue weighted by Gasteiger charge is -2.08. The molecule has 0 saturated heterocycles. The van der Waals surface area contributed by atoms with E-state index in [0.717, 1.165) is 6.20 Å². The van der Waals surface area contributed by atoms with E-state index in [9.17, 15) is 13.6 Å². The van der Waals surface area contributed by atoms with Crippen LogP contribution in [0.25, 0.3) is 0 Å². The fourth-order valence-corrected chi connectivity index (χ4v) is 1.02. The number of carbonyl (C=O) groups is 1. The van der Waals surface area contributed by atoms with Crippen LogP contribution in [0.5, 0.6) is 0 Å². The van der Waals surface area contributed by atoms with Gasteiger partial charge in [-0.15, -0.1) is 0 Å². The van der Waals surface area contributed by atoms with Gasteiger partial charge in [-0.3, -0.25) is 0 Å². The SMILES string of the molecule is N#Cc1ncc(C(=O)O)c(N)c1C(F)F. The van der Waals surface area contributed by atoms with E-state index >= 15 is 0 Å². The van der Waals surface area contributed by atoms with Crippen LogP contribution in [0.3, 0.4) is 0 Å². The van der Waals surface area contributed by atoms with Crippen LogP contribution in [-0.2, 0) is 0 Å². The number of aromatic carboxylic acids is 1. The van der Waals surface area contributed by atoms with Gasteiger partial charge in [-0.05, 0) is 0 Å². The third kappa shape index (κ3) is 1.83. The van der Waals surface area contributed by atoms with Crippen LogP contribution < -0.4 is 5.73 Å². The molecule has 0 aliphatic carbocycles. The van der Waals surface area contributed by atoms with E-state index in [0.29, 0.717) is 0 Å². The monoisotopic (exact) mass is 213 g/mol. The number of hydrogen-bond donors (Lipinski definition) is 2. The highest BCUT2D eigenvalue weighted by atomic mass is 19.3. The minimum Gasteiger partial charge on any atom is -0.478 e. The van der Waals surface area contributed by atoms with E-state index in [4.69, 9.17) is 16.1 Å². The average Bonchev–Trinajstić information content (AvgIpc) is 2.15. The molecule has 0 unspecified atom stereocenters. The van der Waals surface area contributed by atoms with Crippen molar-refractivity contribution in [3.05, 3.63) is 23.0 Å². The van der Waals surface area contributed by atoms with Gasteiger partial charge in [0, 0.05) is 6.20 Å². The summed E-state index contributed by atoms with van der Waals surface area (Å²) in [5.74, 6) is -1.47. The number of nitrogens with two attached hydrogens (primary N) is 1. The lowest BCUT2D eigenvalue weighted by molar-refractivity contribution is 0.0697. The Bertz CT molecular complexity index is 454. The maximum atomic E-state index is 12.5. The normalized spacial score (nSPS) is 10.0. The van der Waals surface area contributed by atoms with Crippen LogP contribution >= 0.6 is 0 Å². The van der Waals surface area contributed by atoms with Gasteiger partial charge in [-0.2, -0.15) is 5.26 Å². The number of halogens is 2. The minimum atomic E-state index is -3.04. The van der Waals surface area contributed by atoms with Gasteiger partial charge in [0.15, 0.2) is 5.69 Å². The van der Waals surface area contributed by atoms with E-state index in [-0.39, 0.29) is 0 Å². The van der Waals surface area contributed by atoms with Crippen molar-refractivity contribution in [3.63, 3.8) is 0 Å². The first-order valence-corrected chi connectivity index (χ1v) is 3.69. The van der Waals surface area contributed by atoms with Crippen molar-refractivity contribution in [2.24, 2.45) is 0 Å². The topological polar surface area (TPSA) is 100 Å². The zero-order chi connectivity index (χ0) is 11.6. The molecule has 5 nitrogen and oxygen atoms in total. The van der Waals surface area contributed by atoms with E-state index in [1.807, 2.05) is 0 Å². The van der Waals surface area contributed by atoms with Gasteiger partial charge in [0.1, 0.15) is 11.6 Å². The Morgan fingerprint density at radius 2 is 2.27 bits per heavy atom. The molecule has 78 valence electrons. The molecule has 1 aromatic rings. The molecule has 0 aromatic carbocycles. The molecule has 0 bridgehead atoms. The third-order valence-corrected chi connectivity index (χ3v) is 1.71. The number of anilines is 1. The Kier molecular flexibility index (Phi) is 2.80. The molecule has 0 aliphatic heterocycles. The Morgan fingerprint density at radius 1 is 1.67 bits per heavy atom. The van der Waals surface area contributed by atoms with Gasteiger partial charge < -0.3 is 10.8 Å². The summed E-state index contributed by atoms with van der Waals surface area (Å²) in [4.78, 5) is 13.8. The van der Waals surface area contributed by atoms with E-state index in [1.54, 1.807) is 0 Å². The van der Waals surface area contributed by atoms with Crippen molar-refractivity contribution in [2.75, 3.05) is 5.73 Å². The molecule has 15 heavy (non-hydrogen) atoms. The van der Waals surface area contributed by atoms with Crippen LogP contribution in [0.15, 0.2) is 6.20 Å². The number of rotatable bonds is 2. The molecule has 0 radical (unpaired) electrons. The Morgan fingerprint density at radius 3 is 2.67 bits per heavy atom. The lowest BCUT2D eigenvalue weighted by Crippen LogP contribution is -2.09. The van der Waals surface area contributed by atoms with Gasteiger partial charge in [0.2, 0.25) is 0 Å². The van der Waals surface area contributed by atoms with Gasteiger partial charge in [-0.25, -0.2) is 18.6 Å². The molecule has 0 saturated carbocycles. The fraction of sp³-hybridized carbons (Fsp3) is 0.125. The average molecular weight is 213 g/mol. The number of carboxylic acids is 1. The molecule has 1 rings (SSSR count). The summed E-state index contributed by atoms with van der Waals surface area (Å²) in [5.41, 5.74) is 2.65. The molecule has 1 aromatic heterocycles. The number of carboxylic acid groups (broad SMARTS) is 1. The summed E-state index contributed by atoms with van der Waals surface area (Å²) in [6.45, 7) is 0. The second-order valence-electron chi connectivity index (χ2n) is 2.57. The molecule has 0 fully saturated rings.